The molecule has 0 amide bonds. The molecule has 118 valence electrons. The van der Waals surface area contributed by atoms with Gasteiger partial charge in [-0.2, -0.15) is 0 Å². The number of benzene rings is 2. The summed E-state index contributed by atoms with van der Waals surface area (Å²) in [5.41, 5.74) is 8.43. The number of hydrogen-bond donors (Lipinski definition) is 1. The smallest absolute Gasteiger partial charge is 0.0975 e. The third-order valence-corrected chi connectivity index (χ3v) is 4.41. The quantitative estimate of drug-likeness (QED) is 0.700. The molecule has 0 aliphatic rings. The minimum atomic E-state index is 0. The summed E-state index contributed by atoms with van der Waals surface area (Å²) in [6.07, 6.45) is 5.59. The van der Waals surface area contributed by atoms with Crippen LogP contribution in [-0.4, -0.2) is 5.54 Å². The zero-order valence-corrected chi connectivity index (χ0v) is 15.7. The van der Waals surface area contributed by atoms with Gasteiger partial charge >= 0.3 is 0 Å². The summed E-state index contributed by atoms with van der Waals surface area (Å²) < 4.78 is 0. The summed E-state index contributed by atoms with van der Waals surface area (Å²) in [7, 11) is 0. The van der Waals surface area contributed by atoms with Crippen LogP contribution in [0.2, 0.25) is 0 Å². The largest absolute Gasteiger partial charge is 1.00 e. The number of hydrogen-bond acceptors (Lipinski definition) is 0. The highest BCUT2D eigenvalue weighted by Gasteiger charge is 2.23. The van der Waals surface area contributed by atoms with E-state index in [2.05, 4.69) is 86.3 Å². The monoisotopic (exact) mass is 407 g/mol. The lowest BCUT2D eigenvalue weighted by molar-refractivity contribution is -0.478. The minimum absolute atomic E-state index is 0. The summed E-state index contributed by atoms with van der Waals surface area (Å²) in [5.74, 6) is 0. The third kappa shape index (κ3) is 4.96. The van der Waals surface area contributed by atoms with Crippen LogP contribution in [0.1, 0.15) is 44.2 Å². The molecule has 2 aromatic rings. The van der Waals surface area contributed by atoms with Gasteiger partial charge in [-0.15, -0.1) is 0 Å². The molecule has 22 heavy (non-hydrogen) atoms. The molecule has 0 heterocycles. The van der Waals surface area contributed by atoms with Crippen molar-refractivity contribution in [3.8, 4) is 0 Å². The molecular formula is C20H26IN. The molecule has 0 atom stereocenters. The first-order chi connectivity index (χ1) is 10.2. The van der Waals surface area contributed by atoms with Crippen LogP contribution in [0.5, 0.6) is 0 Å². The fraction of sp³-hybridized carbons (Fsp3) is 0.300. The Morgan fingerprint density at radius 3 is 1.64 bits per heavy atom. The van der Waals surface area contributed by atoms with Crippen molar-refractivity contribution in [3.05, 3.63) is 77.9 Å². The maximum Gasteiger partial charge on any atom is 0.0975 e. The Balaban J connectivity index is 0.00000242. The first kappa shape index (κ1) is 18.9. The first-order valence-electron chi connectivity index (χ1n) is 7.85. The summed E-state index contributed by atoms with van der Waals surface area (Å²) in [6.45, 7) is 4.46. The fourth-order valence-corrected chi connectivity index (χ4v) is 2.50. The second-order valence-electron chi connectivity index (χ2n) is 5.76. The van der Waals surface area contributed by atoms with Crippen LogP contribution in [0.15, 0.2) is 66.7 Å². The second-order valence-corrected chi connectivity index (χ2v) is 5.76. The molecule has 0 spiro atoms. The Labute approximate surface area is 151 Å². The highest BCUT2D eigenvalue weighted by atomic mass is 127. The minimum Gasteiger partial charge on any atom is -1.00 e. The molecule has 1 nitrogen and oxygen atoms in total. The standard InChI is InChI=1S/C20H25N.HI/c1-3-20(21,4-2)16-15-19(17-11-7-5-8-12-17)18-13-9-6-10-14-18;/h5-15H,3-4,16,21H2,1-2H3;1H. The van der Waals surface area contributed by atoms with E-state index in [9.17, 15) is 0 Å². The Morgan fingerprint density at radius 2 is 1.27 bits per heavy atom. The predicted octanol–water partition coefficient (Wildman–Crippen LogP) is 1.31. The molecule has 2 rings (SSSR count). The van der Waals surface area contributed by atoms with E-state index in [-0.39, 0.29) is 29.5 Å². The van der Waals surface area contributed by atoms with Gasteiger partial charge < -0.3 is 29.7 Å². The molecule has 0 saturated heterocycles. The maximum atomic E-state index is 4.42. The van der Waals surface area contributed by atoms with Crippen LogP contribution in [0.4, 0.5) is 0 Å². The van der Waals surface area contributed by atoms with E-state index in [0.29, 0.717) is 0 Å². The number of quaternary nitrogens is 1. The molecule has 3 N–H and O–H groups in total. The average Bonchev–Trinajstić information content (AvgIpc) is 2.57. The van der Waals surface area contributed by atoms with E-state index < -0.39 is 0 Å². The SMILES string of the molecule is CCC([NH3+])(CC)CC=C(c1ccccc1)c1ccccc1.[I-]. The Kier molecular flexibility index (Phi) is 7.83. The highest BCUT2D eigenvalue weighted by molar-refractivity contribution is 5.79. The summed E-state index contributed by atoms with van der Waals surface area (Å²) in [6, 6.07) is 21.3. The average molecular weight is 407 g/mol. The number of halogens is 1. The third-order valence-electron chi connectivity index (χ3n) is 4.41. The van der Waals surface area contributed by atoms with Crippen molar-refractivity contribution in [3.63, 3.8) is 0 Å². The van der Waals surface area contributed by atoms with Crippen LogP contribution < -0.4 is 29.7 Å². The molecule has 2 heteroatoms. The summed E-state index contributed by atoms with van der Waals surface area (Å²) in [4.78, 5) is 0. The van der Waals surface area contributed by atoms with E-state index in [1.54, 1.807) is 0 Å². The van der Waals surface area contributed by atoms with Crippen LogP contribution in [-0.2, 0) is 0 Å². The van der Waals surface area contributed by atoms with Gasteiger partial charge in [0.15, 0.2) is 0 Å². The molecule has 0 saturated carbocycles. The normalized spacial score (nSPS) is 10.7. The van der Waals surface area contributed by atoms with Gasteiger partial charge in [-0.1, -0.05) is 80.6 Å². The topological polar surface area (TPSA) is 27.6 Å². The second kappa shape index (κ2) is 9.11. The molecule has 0 bridgehead atoms. The molecule has 0 aliphatic carbocycles. The zero-order valence-electron chi connectivity index (χ0n) is 13.6. The highest BCUT2D eigenvalue weighted by Crippen LogP contribution is 2.26. The van der Waals surface area contributed by atoms with Crippen LogP contribution >= 0.6 is 0 Å². The maximum absolute atomic E-state index is 4.42. The Bertz CT molecular complexity index is 530. The van der Waals surface area contributed by atoms with Crippen molar-refractivity contribution in [1.82, 2.24) is 0 Å². The van der Waals surface area contributed by atoms with Crippen LogP contribution in [0.3, 0.4) is 0 Å². The lowest BCUT2D eigenvalue weighted by Crippen LogP contribution is -3.00. The van der Waals surface area contributed by atoms with Gasteiger partial charge in [0, 0.05) is 6.42 Å². The van der Waals surface area contributed by atoms with Crippen LogP contribution in [0.25, 0.3) is 5.57 Å². The number of rotatable bonds is 6. The van der Waals surface area contributed by atoms with Crippen molar-refractivity contribution in [2.45, 2.75) is 38.6 Å². The Hall–Kier alpha value is -1.13. The van der Waals surface area contributed by atoms with Gasteiger partial charge in [0.05, 0.1) is 5.54 Å². The van der Waals surface area contributed by atoms with E-state index in [1.165, 1.54) is 16.7 Å². The molecule has 0 unspecified atom stereocenters. The van der Waals surface area contributed by atoms with Gasteiger partial charge in [-0.3, -0.25) is 0 Å². The van der Waals surface area contributed by atoms with Crippen molar-refractivity contribution in [2.75, 3.05) is 0 Å². The Morgan fingerprint density at radius 1 is 0.864 bits per heavy atom. The molecule has 2 aromatic carbocycles. The van der Waals surface area contributed by atoms with E-state index >= 15 is 0 Å². The lowest BCUT2D eigenvalue weighted by atomic mass is 9.87. The molecule has 0 aromatic heterocycles. The zero-order chi connectivity index (χ0) is 15.1. The van der Waals surface area contributed by atoms with E-state index in [0.717, 1.165) is 19.3 Å². The van der Waals surface area contributed by atoms with Gasteiger partial charge in [-0.25, -0.2) is 0 Å². The molecule has 0 radical (unpaired) electrons. The van der Waals surface area contributed by atoms with Gasteiger partial charge in [0.25, 0.3) is 0 Å². The van der Waals surface area contributed by atoms with Crippen molar-refractivity contribution >= 4 is 5.57 Å². The fourth-order valence-electron chi connectivity index (χ4n) is 2.50. The lowest BCUT2D eigenvalue weighted by Gasteiger charge is -2.21. The van der Waals surface area contributed by atoms with Crippen LogP contribution in [0, 0.1) is 0 Å². The predicted molar refractivity (Wildman–Crippen MR) is 90.8 cm³/mol. The van der Waals surface area contributed by atoms with Crippen molar-refractivity contribution < 1.29 is 29.7 Å². The molecular weight excluding hydrogens is 381 g/mol. The van der Waals surface area contributed by atoms with E-state index in [4.69, 9.17) is 0 Å². The summed E-state index contributed by atoms with van der Waals surface area (Å²) in [5, 5.41) is 0. The molecule has 0 aliphatic heterocycles. The molecule has 0 fully saturated rings. The first-order valence-corrected chi connectivity index (χ1v) is 7.85. The van der Waals surface area contributed by atoms with Crippen molar-refractivity contribution in [1.29, 1.82) is 0 Å². The van der Waals surface area contributed by atoms with E-state index in [1.807, 2.05) is 0 Å². The van der Waals surface area contributed by atoms with Gasteiger partial charge in [0.2, 0.25) is 0 Å². The summed E-state index contributed by atoms with van der Waals surface area (Å²) >= 11 is 0. The van der Waals surface area contributed by atoms with Gasteiger partial charge in [-0.05, 0) is 29.5 Å². The van der Waals surface area contributed by atoms with Crippen molar-refractivity contribution in [2.24, 2.45) is 0 Å². The van der Waals surface area contributed by atoms with Gasteiger partial charge in [0.1, 0.15) is 0 Å².